The number of Topliss-reactive ketones (excluding diaryl/α,β-unsaturated/α-hetero) is 1. The van der Waals surface area contributed by atoms with Gasteiger partial charge in [-0.3, -0.25) is 4.79 Å². The Morgan fingerprint density at radius 3 is 2.53 bits per heavy atom. The molecule has 19 heavy (non-hydrogen) atoms. The van der Waals surface area contributed by atoms with E-state index in [9.17, 15) is 9.90 Å². The van der Waals surface area contributed by atoms with E-state index < -0.39 is 0 Å². The van der Waals surface area contributed by atoms with Crippen LogP contribution in [0.3, 0.4) is 0 Å². The maximum absolute atomic E-state index is 11.6. The number of hydrogen-bond acceptors (Lipinski definition) is 4. The van der Waals surface area contributed by atoms with E-state index in [0.29, 0.717) is 11.1 Å². The number of benzene rings is 1. The number of aliphatic hydroxyl groups is 1. The van der Waals surface area contributed by atoms with Crippen molar-refractivity contribution in [3.8, 4) is 0 Å². The number of rotatable bonds is 2. The van der Waals surface area contributed by atoms with Gasteiger partial charge in [0.05, 0.1) is 4.47 Å². The predicted molar refractivity (Wildman–Crippen MR) is 77.1 cm³/mol. The predicted octanol–water partition coefficient (Wildman–Crippen LogP) is 4.09. The number of carbonyl (C=O) groups is 1. The summed E-state index contributed by atoms with van der Waals surface area (Å²) in [7, 11) is 0. The molecule has 0 fully saturated rings. The van der Waals surface area contributed by atoms with E-state index in [1.54, 1.807) is 0 Å². The Balaban J connectivity index is 2.76. The molecule has 100 valence electrons. The number of halogens is 1. The van der Waals surface area contributed by atoms with Crippen LogP contribution in [0.15, 0.2) is 20.7 Å². The van der Waals surface area contributed by atoms with Crippen LogP contribution < -0.4 is 0 Å². The van der Waals surface area contributed by atoms with E-state index in [1.165, 1.54) is 13.8 Å². The Hall–Kier alpha value is -1.62. The van der Waals surface area contributed by atoms with Crippen LogP contribution in [0.25, 0.3) is 16.7 Å². The number of hydrogen-bond donors (Lipinski definition) is 1. The minimum absolute atomic E-state index is 0.0939. The van der Waals surface area contributed by atoms with Crippen LogP contribution in [0.2, 0.25) is 0 Å². The third kappa shape index (κ3) is 2.30. The standard InChI is InChI=1S/C14H14BrNO3/c1-6-5-10-13(12(15)7(6)2)19-14(16-10)11(8(3)17)9(4)18/h5,17H,1-4H3/b11-8-. The van der Waals surface area contributed by atoms with Crippen LogP contribution in [0.5, 0.6) is 0 Å². The van der Waals surface area contributed by atoms with Crippen LogP contribution in [0.1, 0.15) is 30.9 Å². The first-order valence-electron chi connectivity index (χ1n) is 5.80. The average molecular weight is 324 g/mol. The van der Waals surface area contributed by atoms with Crippen LogP contribution >= 0.6 is 15.9 Å². The SMILES string of the molecule is CC(=O)/C(=C(\C)O)c1nc2cc(C)c(C)c(Br)c2o1. The van der Waals surface area contributed by atoms with Crippen molar-refractivity contribution in [1.29, 1.82) is 0 Å². The molecule has 0 aliphatic rings. The van der Waals surface area contributed by atoms with Crippen molar-refractivity contribution in [2.24, 2.45) is 0 Å². The molecule has 0 amide bonds. The molecule has 0 bridgehead atoms. The lowest BCUT2D eigenvalue weighted by Crippen LogP contribution is -1.99. The molecule has 0 spiro atoms. The Bertz CT molecular complexity index is 709. The van der Waals surface area contributed by atoms with Gasteiger partial charge in [-0.25, -0.2) is 4.98 Å². The zero-order valence-corrected chi connectivity index (χ0v) is 12.8. The minimum atomic E-state index is -0.281. The number of ketones is 1. The van der Waals surface area contributed by atoms with Crippen molar-refractivity contribution >= 4 is 38.4 Å². The fraction of sp³-hybridized carbons (Fsp3) is 0.286. The molecule has 5 heteroatoms. The van der Waals surface area contributed by atoms with Gasteiger partial charge >= 0.3 is 0 Å². The minimum Gasteiger partial charge on any atom is -0.512 e. The second-order valence-electron chi connectivity index (χ2n) is 4.52. The van der Waals surface area contributed by atoms with Crippen molar-refractivity contribution in [3.63, 3.8) is 0 Å². The van der Waals surface area contributed by atoms with E-state index in [0.717, 1.165) is 15.6 Å². The normalized spacial score (nSPS) is 12.7. The quantitative estimate of drug-likeness (QED) is 0.668. The Morgan fingerprint density at radius 1 is 1.37 bits per heavy atom. The van der Waals surface area contributed by atoms with Crippen LogP contribution in [0.4, 0.5) is 0 Å². The van der Waals surface area contributed by atoms with Crippen LogP contribution in [-0.4, -0.2) is 15.9 Å². The fourth-order valence-corrected chi connectivity index (χ4v) is 2.51. The number of allylic oxidation sites excluding steroid dienone is 2. The second kappa shape index (κ2) is 4.81. The summed E-state index contributed by atoms with van der Waals surface area (Å²) in [6, 6.07) is 1.90. The van der Waals surface area contributed by atoms with Gasteiger partial charge < -0.3 is 9.52 Å². The molecule has 4 nitrogen and oxygen atoms in total. The Kier molecular flexibility index (Phi) is 3.49. The molecular weight excluding hydrogens is 310 g/mol. The van der Waals surface area contributed by atoms with Gasteiger partial charge in [0, 0.05) is 0 Å². The number of aromatic nitrogens is 1. The van der Waals surface area contributed by atoms with Gasteiger partial charge in [0.25, 0.3) is 0 Å². The lowest BCUT2D eigenvalue weighted by Gasteiger charge is -2.01. The third-order valence-electron chi connectivity index (χ3n) is 3.05. The Morgan fingerprint density at radius 2 is 2.00 bits per heavy atom. The van der Waals surface area contributed by atoms with Crippen LogP contribution in [-0.2, 0) is 4.79 Å². The zero-order valence-electron chi connectivity index (χ0n) is 11.2. The lowest BCUT2D eigenvalue weighted by molar-refractivity contribution is -0.112. The lowest BCUT2D eigenvalue weighted by atomic mass is 10.1. The summed E-state index contributed by atoms with van der Waals surface area (Å²) in [5, 5.41) is 9.59. The first-order valence-corrected chi connectivity index (χ1v) is 6.59. The molecule has 1 aromatic carbocycles. The number of fused-ring (bicyclic) bond motifs is 1. The topological polar surface area (TPSA) is 63.3 Å². The summed E-state index contributed by atoms with van der Waals surface area (Å²) in [6.07, 6.45) is 0. The van der Waals surface area contributed by atoms with E-state index in [4.69, 9.17) is 4.42 Å². The molecule has 0 saturated heterocycles. The van der Waals surface area contributed by atoms with E-state index >= 15 is 0 Å². The van der Waals surface area contributed by atoms with E-state index in [2.05, 4.69) is 20.9 Å². The number of nitrogens with zero attached hydrogens (tertiary/aromatic N) is 1. The summed E-state index contributed by atoms with van der Waals surface area (Å²) >= 11 is 3.47. The van der Waals surface area contributed by atoms with Gasteiger partial charge in [0.15, 0.2) is 11.4 Å². The van der Waals surface area contributed by atoms with Crippen molar-refractivity contribution in [2.45, 2.75) is 27.7 Å². The smallest absolute Gasteiger partial charge is 0.234 e. The van der Waals surface area contributed by atoms with Crippen LogP contribution in [0, 0.1) is 13.8 Å². The largest absolute Gasteiger partial charge is 0.512 e. The van der Waals surface area contributed by atoms with Crippen molar-refractivity contribution < 1.29 is 14.3 Å². The second-order valence-corrected chi connectivity index (χ2v) is 5.31. The summed E-state index contributed by atoms with van der Waals surface area (Å²) < 4.78 is 6.44. The summed E-state index contributed by atoms with van der Waals surface area (Å²) in [4.78, 5) is 15.8. The molecule has 2 aromatic rings. The number of oxazole rings is 1. The van der Waals surface area contributed by atoms with Gasteiger partial charge in [-0.15, -0.1) is 0 Å². The third-order valence-corrected chi connectivity index (χ3v) is 4.01. The highest BCUT2D eigenvalue weighted by Gasteiger charge is 2.20. The average Bonchev–Trinajstić information content (AvgIpc) is 2.68. The molecule has 0 unspecified atom stereocenters. The van der Waals surface area contributed by atoms with Crippen molar-refractivity contribution in [1.82, 2.24) is 4.98 Å². The monoisotopic (exact) mass is 323 g/mol. The summed E-state index contributed by atoms with van der Waals surface area (Å²) in [5.41, 5.74) is 3.49. The van der Waals surface area contributed by atoms with Crippen molar-refractivity contribution in [3.05, 3.63) is 33.3 Å². The molecule has 0 atom stereocenters. The van der Waals surface area contributed by atoms with Gasteiger partial charge in [0.2, 0.25) is 5.89 Å². The number of aryl methyl sites for hydroxylation is 1. The number of aliphatic hydroxyl groups excluding tert-OH is 1. The number of carbonyl (C=O) groups excluding carboxylic acids is 1. The highest BCUT2D eigenvalue weighted by molar-refractivity contribution is 9.10. The molecule has 2 rings (SSSR count). The maximum atomic E-state index is 11.6. The molecule has 1 N–H and O–H groups in total. The zero-order chi connectivity index (χ0) is 14.3. The van der Waals surface area contributed by atoms with E-state index in [-0.39, 0.29) is 23.0 Å². The first-order chi connectivity index (χ1) is 8.82. The van der Waals surface area contributed by atoms with Gasteiger partial charge in [-0.05, 0) is 60.8 Å². The van der Waals surface area contributed by atoms with Gasteiger partial charge in [0.1, 0.15) is 16.8 Å². The summed E-state index contributed by atoms with van der Waals surface area (Å²) in [6.45, 7) is 6.76. The van der Waals surface area contributed by atoms with Gasteiger partial charge in [-0.1, -0.05) is 0 Å². The molecular formula is C14H14BrNO3. The van der Waals surface area contributed by atoms with Gasteiger partial charge in [-0.2, -0.15) is 0 Å². The van der Waals surface area contributed by atoms with E-state index in [1.807, 2.05) is 19.9 Å². The Labute approximate surface area is 119 Å². The fourth-order valence-electron chi connectivity index (χ4n) is 1.91. The molecule has 0 saturated carbocycles. The molecule has 1 aromatic heterocycles. The first kappa shape index (κ1) is 13.8. The van der Waals surface area contributed by atoms with Crippen molar-refractivity contribution in [2.75, 3.05) is 0 Å². The molecule has 1 heterocycles. The molecule has 0 aliphatic carbocycles. The molecule has 0 radical (unpaired) electrons. The highest BCUT2D eigenvalue weighted by Crippen LogP contribution is 2.32. The summed E-state index contributed by atoms with van der Waals surface area (Å²) in [5.74, 6) is -0.229. The highest BCUT2D eigenvalue weighted by atomic mass is 79.9. The molecule has 0 aliphatic heterocycles. The maximum Gasteiger partial charge on any atom is 0.234 e.